The van der Waals surface area contributed by atoms with Crippen molar-refractivity contribution in [1.82, 2.24) is 0 Å². The van der Waals surface area contributed by atoms with E-state index in [1.807, 2.05) is 55.5 Å². The van der Waals surface area contributed by atoms with Gasteiger partial charge in [-0.25, -0.2) is 9.59 Å². The highest BCUT2D eigenvalue weighted by molar-refractivity contribution is 7.99. The molecule has 0 saturated carbocycles. The van der Waals surface area contributed by atoms with E-state index in [1.54, 1.807) is 13.0 Å². The lowest BCUT2D eigenvalue weighted by Gasteiger charge is -2.16. The number of hydrogen-bond donors (Lipinski definition) is 1. The van der Waals surface area contributed by atoms with Crippen LogP contribution in [0, 0.1) is 0 Å². The van der Waals surface area contributed by atoms with Gasteiger partial charge in [0.25, 0.3) is 0 Å². The Balaban J connectivity index is 1.21. The molecular weight excluding hydrogens is 755 g/mol. The van der Waals surface area contributed by atoms with E-state index in [0.717, 1.165) is 66.1 Å². The van der Waals surface area contributed by atoms with Gasteiger partial charge in [-0.3, -0.25) is 0 Å². The largest absolute Gasteiger partial charge is 0.481 e. The van der Waals surface area contributed by atoms with Gasteiger partial charge in [0.05, 0.1) is 17.2 Å². The maximum absolute atomic E-state index is 13.8. The molecule has 14 heteroatoms. The van der Waals surface area contributed by atoms with Crippen LogP contribution in [0.3, 0.4) is 0 Å². The van der Waals surface area contributed by atoms with Crippen molar-refractivity contribution in [2.45, 2.75) is 74.2 Å². The highest BCUT2D eigenvalue weighted by Crippen LogP contribution is 2.40. The molecule has 0 radical (unpaired) electrons. The smallest absolute Gasteiger partial charge is 0.420 e. The molecule has 0 aromatic heterocycles. The van der Waals surface area contributed by atoms with Gasteiger partial charge in [0.1, 0.15) is 11.5 Å². The van der Waals surface area contributed by atoms with Crippen LogP contribution in [0.4, 0.5) is 26.3 Å². The minimum absolute atomic E-state index is 0.351. The van der Waals surface area contributed by atoms with E-state index in [1.165, 1.54) is 35.7 Å². The summed E-state index contributed by atoms with van der Waals surface area (Å²) in [5.41, 5.74) is 2.30. The van der Waals surface area contributed by atoms with Crippen LogP contribution in [0.25, 0.3) is 11.1 Å². The maximum atomic E-state index is 13.8. The molecule has 0 fully saturated rings. The summed E-state index contributed by atoms with van der Waals surface area (Å²) in [6.07, 6.45) is -6.14. The number of ether oxygens (including phenoxy) is 3. The second-order valence-corrected chi connectivity index (χ2v) is 14.6. The molecule has 0 spiro atoms. The van der Waals surface area contributed by atoms with Gasteiger partial charge < -0.3 is 19.3 Å². The minimum Gasteiger partial charge on any atom is -0.481 e. The summed E-state index contributed by atoms with van der Waals surface area (Å²) in [6.45, 7) is 2.04. The Morgan fingerprint density at radius 3 is 1.48 bits per heavy atom. The Morgan fingerprint density at radius 2 is 1.09 bits per heavy atom. The lowest BCUT2D eigenvalue weighted by Crippen LogP contribution is -2.21. The monoisotopic (exact) mass is 794 g/mol. The van der Waals surface area contributed by atoms with Crippen molar-refractivity contribution in [2.24, 2.45) is 0 Å². The third-order valence-electron chi connectivity index (χ3n) is 8.12. The molecule has 0 heterocycles. The number of aryl methyl sites for hydroxylation is 2. The van der Waals surface area contributed by atoms with E-state index in [4.69, 9.17) is 19.3 Å². The molecule has 54 heavy (non-hydrogen) atoms. The van der Waals surface area contributed by atoms with E-state index in [9.17, 15) is 35.9 Å². The average molecular weight is 795 g/mol. The van der Waals surface area contributed by atoms with Crippen molar-refractivity contribution in [2.75, 3.05) is 24.7 Å². The molecule has 1 atom stereocenters. The molecule has 4 aromatic rings. The molecule has 0 aliphatic carbocycles. The zero-order chi connectivity index (χ0) is 39.3. The van der Waals surface area contributed by atoms with Crippen LogP contribution in [-0.4, -0.2) is 47.9 Å². The number of carboxylic acids is 1. The quantitative estimate of drug-likeness (QED) is 0.0435. The summed E-state index contributed by atoms with van der Waals surface area (Å²) in [7, 11) is 0. The zero-order valence-electron chi connectivity index (χ0n) is 29.6. The number of halogens is 6. The second-order valence-electron chi connectivity index (χ2n) is 12.3. The van der Waals surface area contributed by atoms with Gasteiger partial charge in [-0.2, -0.15) is 26.3 Å². The number of alkyl halides is 6. The predicted molar refractivity (Wildman–Crippen MR) is 197 cm³/mol. The summed E-state index contributed by atoms with van der Waals surface area (Å²) in [5, 5.41) is 8.72. The normalized spacial score (nSPS) is 12.3. The topological polar surface area (TPSA) is 82.1 Å². The number of esters is 1. The van der Waals surface area contributed by atoms with Gasteiger partial charge in [0.2, 0.25) is 0 Å². The number of thioether (sulfide) groups is 2. The molecule has 0 aliphatic rings. The Kier molecular flexibility index (Phi) is 15.6. The zero-order valence-corrected chi connectivity index (χ0v) is 31.2. The number of carbonyl (C=O) groups is 2. The molecule has 6 nitrogen and oxygen atoms in total. The van der Waals surface area contributed by atoms with Crippen LogP contribution in [-0.2, 0) is 39.5 Å². The summed E-state index contributed by atoms with van der Waals surface area (Å²) >= 11 is 2.60. The van der Waals surface area contributed by atoms with Crippen LogP contribution >= 0.6 is 23.5 Å². The highest BCUT2D eigenvalue weighted by Gasteiger charge is 2.36. The fourth-order valence-electron chi connectivity index (χ4n) is 5.17. The summed E-state index contributed by atoms with van der Waals surface area (Å²) < 4.78 is 96.8. The van der Waals surface area contributed by atoms with E-state index in [0.29, 0.717) is 27.7 Å². The number of carboxylic acid groups (broad SMARTS) is 1. The first kappa shape index (κ1) is 42.4. The standard InChI is InChI=1S/C40H40F6O6S2/c1-3-26(2)52-38(49)25-51-36-19-17-32(23-34(36)40(44,45)46)54-21-5-7-28-10-14-30(15-11-28)29-12-8-27(9-13-29)6-4-20-53-31-16-18-35(50-24-37(47)48)33(22-31)39(41,42)43/h8-19,22-23,26H,3-7,20-21,24-25H2,1-2H3,(H,47,48). The van der Waals surface area contributed by atoms with Crippen molar-refractivity contribution in [1.29, 1.82) is 0 Å². The van der Waals surface area contributed by atoms with Gasteiger partial charge >= 0.3 is 24.3 Å². The van der Waals surface area contributed by atoms with E-state index >= 15 is 0 Å². The summed E-state index contributed by atoms with van der Waals surface area (Å²) in [5.74, 6) is -1.84. The summed E-state index contributed by atoms with van der Waals surface area (Å²) in [6, 6.07) is 23.6. The van der Waals surface area contributed by atoms with Gasteiger partial charge in [-0.1, -0.05) is 55.5 Å². The van der Waals surface area contributed by atoms with Gasteiger partial charge in [0, 0.05) is 9.79 Å². The van der Waals surface area contributed by atoms with Crippen molar-refractivity contribution < 1.29 is 55.2 Å². The molecule has 4 aromatic carbocycles. The molecular formula is C40H40F6O6S2. The minimum atomic E-state index is -4.68. The Labute approximate surface area is 318 Å². The number of carbonyl (C=O) groups excluding carboxylic acids is 1. The first-order valence-electron chi connectivity index (χ1n) is 17.2. The summed E-state index contributed by atoms with van der Waals surface area (Å²) in [4.78, 5) is 23.4. The molecule has 0 amide bonds. The average Bonchev–Trinajstić information content (AvgIpc) is 3.13. The van der Waals surface area contributed by atoms with E-state index in [-0.39, 0.29) is 6.10 Å². The lowest BCUT2D eigenvalue weighted by atomic mass is 10.0. The van der Waals surface area contributed by atoms with Gasteiger partial charge in [-0.15, -0.1) is 23.5 Å². The predicted octanol–water partition coefficient (Wildman–Crippen LogP) is 11.0. The fourth-order valence-corrected chi connectivity index (χ4v) is 6.95. The van der Waals surface area contributed by atoms with Crippen LogP contribution < -0.4 is 9.47 Å². The molecule has 4 rings (SSSR count). The third-order valence-corrected chi connectivity index (χ3v) is 10.3. The van der Waals surface area contributed by atoms with Crippen LogP contribution in [0.1, 0.15) is 55.4 Å². The van der Waals surface area contributed by atoms with Crippen molar-refractivity contribution in [3.63, 3.8) is 0 Å². The Bertz CT molecular complexity index is 1830. The van der Waals surface area contributed by atoms with Crippen LogP contribution in [0.2, 0.25) is 0 Å². The van der Waals surface area contributed by atoms with Gasteiger partial charge in [-0.05, 0) is 109 Å². The maximum Gasteiger partial charge on any atom is 0.420 e. The molecule has 290 valence electrons. The fraction of sp³-hybridized carbons (Fsp3) is 0.350. The molecule has 0 bridgehead atoms. The van der Waals surface area contributed by atoms with Crippen molar-refractivity contribution in [3.05, 3.63) is 107 Å². The van der Waals surface area contributed by atoms with E-state index in [2.05, 4.69) is 0 Å². The number of rotatable bonds is 19. The molecule has 0 aliphatic heterocycles. The van der Waals surface area contributed by atoms with Crippen molar-refractivity contribution in [3.8, 4) is 22.6 Å². The Morgan fingerprint density at radius 1 is 0.667 bits per heavy atom. The van der Waals surface area contributed by atoms with Crippen molar-refractivity contribution >= 4 is 35.5 Å². The molecule has 1 N–H and O–H groups in total. The number of benzene rings is 4. The molecule has 1 unspecified atom stereocenters. The highest BCUT2D eigenvalue weighted by atomic mass is 32.2. The lowest BCUT2D eigenvalue weighted by molar-refractivity contribution is -0.152. The SMILES string of the molecule is CCC(C)OC(=O)COc1ccc(SCCCc2ccc(-c3ccc(CCCSc4ccc(OCC(=O)O)c(C(F)(F)F)c4)cc3)cc2)cc1C(F)(F)F. The first-order valence-corrected chi connectivity index (χ1v) is 19.1. The van der Waals surface area contributed by atoms with Crippen LogP contribution in [0.5, 0.6) is 11.5 Å². The van der Waals surface area contributed by atoms with Crippen LogP contribution in [0.15, 0.2) is 94.7 Å². The Hall–Kier alpha value is -4.30. The van der Waals surface area contributed by atoms with Gasteiger partial charge in [0.15, 0.2) is 13.2 Å². The third kappa shape index (κ3) is 13.5. The number of aliphatic carboxylic acids is 1. The number of hydrogen-bond acceptors (Lipinski definition) is 7. The second kappa shape index (κ2) is 19.9. The van der Waals surface area contributed by atoms with E-state index < -0.39 is 60.1 Å². The first-order chi connectivity index (χ1) is 25.6. The molecule has 0 saturated heterocycles.